The lowest BCUT2D eigenvalue weighted by Crippen LogP contribution is -2.15. The van der Waals surface area contributed by atoms with Gasteiger partial charge in [-0.1, -0.05) is 12.1 Å². The predicted octanol–water partition coefficient (Wildman–Crippen LogP) is 2.03. The van der Waals surface area contributed by atoms with Crippen LogP contribution in [0.1, 0.15) is 11.4 Å². The van der Waals surface area contributed by atoms with E-state index in [0.29, 0.717) is 30.3 Å². The normalized spacial score (nSPS) is 13.6. The second-order valence-electron chi connectivity index (χ2n) is 6.01. The Morgan fingerprint density at radius 3 is 2.50 bits per heavy atom. The number of aromatic nitrogens is 3. The maximum absolute atomic E-state index is 11.6. The maximum atomic E-state index is 11.6. The van der Waals surface area contributed by atoms with Crippen molar-refractivity contribution in [3.8, 4) is 17.2 Å². The van der Waals surface area contributed by atoms with Crippen molar-refractivity contribution in [3.05, 3.63) is 60.2 Å². The molecule has 3 aromatic rings. The third kappa shape index (κ3) is 3.28. The van der Waals surface area contributed by atoms with Gasteiger partial charge in [-0.3, -0.25) is 0 Å². The molecular formula is C18H17N3O4S. The van der Waals surface area contributed by atoms with E-state index in [0.717, 1.165) is 22.8 Å². The number of hydrogen-bond donors (Lipinski definition) is 0. The molecule has 2 heterocycles. The fourth-order valence-corrected chi connectivity index (χ4v) is 3.43. The fraction of sp³-hybridized carbons (Fsp3) is 0.222. The smallest absolute Gasteiger partial charge is 0.175 e. The summed E-state index contributed by atoms with van der Waals surface area (Å²) in [5, 5.41) is 4.30. The van der Waals surface area contributed by atoms with E-state index < -0.39 is 9.84 Å². The summed E-state index contributed by atoms with van der Waals surface area (Å²) in [6.45, 7) is 1.07. The quantitative estimate of drug-likeness (QED) is 0.698. The van der Waals surface area contributed by atoms with Gasteiger partial charge in [0.15, 0.2) is 21.3 Å². The Hall–Kier alpha value is -2.87. The van der Waals surface area contributed by atoms with Crippen LogP contribution in [0.5, 0.6) is 11.5 Å². The lowest BCUT2D eigenvalue weighted by atomic mass is 10.1. The zero-order valence-corrected chi connectivity index (χ0v) is 14.9. The van der Waals surface area contributed by atoms with Crippen molar-refractivity contribution in [1.82, 2.24) is 14.8 Å². The van der Waals surface area contributed by atoms with E-state index in [4.69, 9.17) is 9.47 Å². The molecule has 2 aromatic carbocycles. The number of fused-ring (bicyclic) bond motifs is 1. The van der Waals surface area contributed by atoms with Crippen LogP contribution in [0.15, 0.2) is 53.7 Å². The van der Waals surface area contributed by atoms with Crippen LogP contribution in [0.3, 0.4) is 0 Å². The Kier molecular flexibility index (Phi) is 4.12. The molecular weight excluding hydrogens is 354 g/mol. The lowest BCUT2D eigenvalue weighted by molar-refractivity contribution is 0.171. The first kappa shape index (κ1) is 16.6. The molecule has 0 saturated carbocycles. The van der Waals surface area contributed by atoms with Gasteiger partial charge in [0.2, 0.25) is 0 Å². The van der Waals surface area contributed by atoms with E-state index >= 15 is 0 Å². The van der Waals surface area contributed by atoms with Gasteiger partial charge in [-0.2, -0.15) is 5.10 Å². The molecule has 0 aliphatic carbocycles. The SMILES string of the molecule is CS(=O)(=O)c1ccc(Cc2ncnn2-c2ccc3c(c2)OCCO3)cc1. The molecule has 0 saturated heterocycles. The molecule has 0 unspecified atom stereocenters. The third-order valence-electron chi connectivity index (χ3n) is 4.10. The minimum Gasteiger partial charge on any atom is -0.486 e. The van der Waals surface area contributed by atoms with Crippen molar-refractivity contribution in [2.24, 2.45) is 0 Å². The second kappa shape index (κ2) is 6.45. The van der Waals surface area contributed by atoms with Crippen molar-refractivity contribution in [2.45, 2.75) is 11.3 Å². The number of rotatable bonds is 4. The van der Waals surface area contributed by atoms with Crippen LogP contribution in [-0.4, -0.2) is 42.7 Å². The number of hydrogen-bond acceptors (Lipinski definition) is 6. The van der Waals surface area contributed by atoms with Crippen LogP contribution in [-0.2, 0) is 16.3 Å². The van der Waals surface area contributed by atoms with Gasteiger partial charge in [-0.15, -0.1) is 0 Å². The van der Waals surface area contributed by atoms with Crippen LogP contribution in [0.25, 0.3) is 5.69 Å². The molecule has 7 nitrogen and oxygen atoms in total. The summed E-state index contributed by atoms with van der Waals surface area (Å²) in [4.78, 5) is 4.63. The molecule has 26 heavy (non-hydrogen) atoms. The summed E-state index contributed by atoms with van der Waals surface area (Å²) in [7, 11) is -3.20. The number of benzene rings is 2. The molecule has 0 bridgehead atoms. The van der Waals surface area contributed by atoms with Gasteiger partial charge in [-0.25, -0.2) is 18.1 Å². The predicted molar refractivity (Wildman–Crippen MR) is 94.7 cm³/mol. The summed E-state index contributed by atoms with van der Waals surface area (Å²) in [5.41, 5.74) is 1.78. The highest BCUT2D eigenvalue weighted by atomic mass is 32.2. The van der Waals surface area contributed by atoms with Crippen LogP contribution in [0.2, 0.25) is 0 Å². The molecule has 0 fully saturated rings. The number of nitrogens with zero attached hydrogens (tertiary/aromatic N) is 3. The molecule has 1 aliphatic heterocycles. The summed E-state index contributed by atoms with van der Waals surface area (Å²) in [6.07, 6.45) is 3.22. The van der Waals surface area contributed by atoms with Gasteiger partial charge in [0.05, 0.1) is 10.6 Å². The minimum absolute atomic E-state index is 0.301. The molecule has 4 rings (SSSR count). The standard InChI is InChI=1S/C18H17N3O4S/c1-26(22,23)15-5-2-13(3-6-15)10-18-19-12-20-21(18)14-4-7-16-17(11-14)25-9-8-24-16/h2-7,11-12H,8-10H2,1H3. The van der Waals surface area contributed by atoms with Crippen molar-refractivity contribution >= 4 is 9.84 Å². The fourth-order valence-electron chi connectivity index (χ4n) is 2.80. The van der Waals surface area contributed by atoms with E-state index in [2.05, 4.69) is 10.1 Å². The van der Waals surface area contributed by atoms with Crippen molar-refractivity contribution in [3.63, 3.8) is 0 Å². The molecule has 1 aliphatic rings. The Balaban J connectivity index is 1.61. The largest absolute Gasteiger partial charge is 0.486 e. The Morgan fingerprint density at radius 1 is 1.04 bits per heavy atom. The van der Waals surface area contributed by atoms with Crippen molar-refractivity contribution < 1.29 is 17.9 Å². The monoisotopic (exact) mass is 371 g/mol. The molecule has 0 amide bonds. The lowest BCUT2D eigenvalue weighted by Gasteiger charge is -2.19. The summed E-state index contributed by atoms with van der Waals surface area (Å²) in [6, 6.07) is 12.4. The summed E-state index contributed by atoms with van der Waals surface area (Å²) >= 11 is 0. The Bertz CT molecular complexity index is 1040. The summed E-state index contributed by atoms with van der Waals surface area (Å²) < 4.78 is 36.0. The minimum atomic E-state index is -3.20. The van der Waals surface area contributed by atoms with Crippen LogP contribution in [0, 0.1) is 0 Å². The van der Waals surface area contributed by atoms with E-state index in [1.807, 2.05) is 18.2 Å². The molecule has 0 spiro atoms. The van der Waals surface area contributed by atoms with Crippen molar-refractivity contribution in [2.75, 3.05) is 19.5 Å². The Morgan fingerprint density at radius 2 is 1.77 bits per heavy atom. The molecule has 8 heteroatoms. The van der Waals surface area contributed by atoms with Gasteiger partial charge < -0.3 is 9.47 Å². The van der Waals surface area contributed by atoms with Crippen LogP contribution >= 0.6 is 0 Å². The average Bonchev–Trinajstić information content (AvgIpc) is 3.09. The Labute approximate surface area is 151 Å². The van der Waals surface area contributed by atoms with Crippen LogP contribution < -0.4 is 9.47 Å². The average molecular weight is 371 g/mol. The van der Waals surface area contributed by atoms with E-state index in [1.54, 1.807) is 28.9 Å². The third-order valence-corrected chi connectivity index (χ3v) is 5.23. The number of ether oxygens (including phenoxy) is 2. The zero-order chi connectivity index (χ0) is 18.1. The van der Waals surface area contributed by atoms with Gasteiger partial charge in [0.25, 0.3) is 0 Å². The van der Waals surface area contributed by atoms with E-state index in [9.17, 15) is 8.42 Å². The highest BCUT2D eigenvalue weighted by molar-refractivity contribution is 7.90. The first-order valence-corrected chi connectivity index (χ1v) is 9.98. The molecule has 134 valence electrons. The van der Waals surface area contributed by atoms with Gasteiger partial charge in [0.1, 0.15) is 25.4 Å². The molecule has 0 radical (unpaired) electrons. The van der Waals surface area contributed by atoms with Crippen LogP contribution in [0.4, 0.5) is 0 Å². The topological polar surface area (TPSA) is 83.3 Å². The second-order valence-corrected chi connectivity index (χ2v) is 8.02. The van der Waals surface area contributed by atoms with Gasteiger partial charge in [-0.05, 0) is 29.8 Å². The molecule has 0 atom stereocenters. The van der Waals surface area contributed by atoms with E-state index in [-0.39, 0.29) is 0 Å². The first-order chi connectivity index (χ1) is 12.5. The van der Waals surface area contributed by atoms with Gasteiger partial charge in [0, 0.05) is 18.7 Å². The number of sulfone groups is 1. The van der Waals surface area contributed by atoms with Gasteiger partial charge >= 0.3 is 0 Å². The zero-order valence-electron chi connectivity index (χ0n) is 14.1. The molecule has 0 N–H and O–H groups in total. The first-order valence-electron chi connectivity index (χ1n) is 8.09. The van der Waals surface area contributed by atoms with E-state index in [1.165, 1.54) is 12.6 Å². The van der Waals surface area contributed by atoms with Crippen molar-refractivity contribution in [1.29, 1.82) is 0 Å². The summed E-state index contributed by atoms with van der Waals surface area (Å²) in [5.74, 6) is 2.15. The highest BCUT2D eigenvalue weighted by Crippen LogP contribution is 2.32. The maximum Gasteiger partial charge on any atom is 0.175 e. The molecule has 1 aromatic heterocycles. The highest BCUT2D eigenvalue weighted by Gasteiger charge is 2.15.